The lowest BCUT2D eigenvalue weighted by Crippen LogP contribution is -2.39. The molecular formula is C23H36O8. The molecule has 0 aromatic heterocycles. The Bertz CT molecular complexity index is 704. The zero-order valence-electron chi connectivity index (χ0n) is 18.8. The standard InChI is InChI=1S/C23H36O8/c1-5-11(6-13(20(26)30-4)10-23(2,3)22(28)29)21(27)31-17-8-12-7-15(17)18-14(12)9-16(24)19(18)25/h11-19,24-25H,5-10H2,1-4H3,(H,28,29). The summed E-state index contributed by atoms with van der Waals surface area (Å²) in [5, 5.41) is 29.8. The van der Waals surface area contributed by atoms with Crippen LogP contribution in [0.3, 0.4) is 0 Å². The van der Waals surface area contributed by atoms with Crippen LogP contribution in [0.25, 0.3) is 0 Å². The minimum atomic E-state index is -1.12. The highest BCUT2D eigenvalue weighted by Gasteiger charge is 2.60. The zero-order chi connectivity index (χ0) is 23.1. The molecule has 3 aliphatic carbocycles. The summed E-state index contributed by atoms with van der Waals surface area (Å²) in [6.07, 6.45) is 1.25. The Hall–Kier alpha value is -1.67. The van der Waals surface area contributed by atoms with Crippen molar-refractivity contribution in [1.82, 2.24) is 0 Å². The van der Waals surface area contributed by atoms with Crippen LogP contribution >= 0.6 is 0 Å². The van der Waals surface area contributed by atoms with Gasteiger partial charge >= 0.3 is 17.9 Å². The molecule has 0 aliphatic heterocycles. The van der Waals surface area contributed by atoms with E-state index >= 15 is 0 Å². The van der Waals surface area contributed by atoms with Crippen molar-refractivity contribution in [3.63, 3.8) is 0 Å². The molecule has 0 aromatic carbocycles. The smallest absolute Gasteiger partial charge is 0.309 e. The lowest BCUT2D eigenvalue weighted by molar-refractivity contribution is -0.161. The number of ether oxygens (including phenoxy) is 2. The van der Waals surface area contributed by atoms with E-state index in [2.05, 4.69) is 0 Å². The number of esters is 2. The van der Waals surface area contributed by atoms with Gasteiger partial charge in [0.05, 0.1) is 36.6 Å². The largest absolute Gasteiger partial charge is 0.481 e. The van der Waals surface area contributed by atoms with Gasteiger partial charge in [0.1, 0.15) is 6.10 Å². The first-order chi connectivity index (χ1) is 14.5. The minimum absolute atomic E-state index is 0.0224. The summed E-state index contributed by atoms with van der Waals surface area (Å²) in [5.74, 6) is -2.47. The fourth-order valence-corrected chi connectivity index (χ4v) is 6.27. The van der Waals surface area contributed by atoms with Crippen molar-refractivity contribution in [2.24, 2.45) is 40.9 Å². The predicted molar refractivity (Wildman–Crippen MR) is 110 cm³/mol. The van der Waals surface area contributed by atoms with Crippen molar-refractivity contribution in [3.8, 4) is 0 Å². The van der Waals surface area contributed by atoms with Crippen molar-refractivity contribution in [1.29, 1.82) is 0 Å². The van der Waals surface area contributed by atoms with Gasteiger partial charge in [0.15, 0.2) is 0 Å². The number of carboxylic acids is 1. The van der Waals surface area contributed by atoms with E-state index in [1.165, 1.54) is 7.11 Å². The number of carbonyl (C=O) groups excluding carboxylic acids is 2. The Kier molecular flexibility index (Phi) is 7.01. The van der Waals surface area contributed by atoms with E-state index < -0.39 is 41.4 Å². The SMILES string of the molecule is CCC(CC(CC(C)(C)C(=O)O)C(=O)OC)C(=O)OC1CC2CC1C1C(O)C(O)CC21. The molecule has 3 rings (SSSR count). The van der Waals surface area contributed by atoms with E-state index in [9.17, 15) is 29.7 Å². The van der Waals surface area contributed by atoms with Gasteiger partial charge < -0.3 is 24.8 Å². The average molecular weight is 441 g/mol. The highest BCUT2D eigenvalue weighted by Crippen LogP contribution is 2.59. The molecule has 0 spiro atoms. The number of aliphatic hydroxyl groups excluding tert-OH is 2. The molecule has 176 valence electrons. The van der Waals surface area contributed by atoms with Gasteiger partial charge in [0.2, 0.25) is 0 Å². The molecule has 3 fully saturated rings. The summed E-state index contributed by atoms with van der Waals surface area (Å²) in [4.78, 5) is 36.8. The summed E-state index contributed by atoms with van der Waals surface area (Å²) >= 11 is 0. The molecule has 9 unspecified atom stereocenters. The number of carbonyl (C=O) groups is 3. The van der Waals surface area contributed by atoms with Crippen LogP contribution in [0.4, 0.5) is 0 Å². The second-order valence-electron chi connectivity index (χ2n) is 10.4. The number of fused-ring (bicyclic) bond motifs is 5. The molecule has 3 N–H and O–H groups in total. The number of hydrogen-bond acceptors (Lipinski definition) is 7. The van der Waals surface area contributed by atoms with Gasteiger partial charge in [-0.3, -0.25) is 14.4 Å². The van der Waals surface area contributed by atoms with Crippen molar-refractivity contribution >= 4 is 17.9 Å². The zero-order valence-corrected chi connectivity index (χ0v) is 18.8. The third-order valence-electron chi connectivity index (χ3n) is 8.02. The van der Waals surface area contributed by atoms with Crippen LogP contribution in [0.1, 0.15) is 59.3 Å². The molecular weight excluding hydrogens is 404 g/mol. The molecule has 2 bridgehead atoms. The second kappa shape index (κ2) is 9.06. The van der Waals surface area contributed by atoms with Crippen LogP contribution in [0.15, 0.2) is 0 Å². The molecule has 0 radical (unpaired) electrons. The van der Waals surface area contributed by atoms with Crippen molar-refractivity contribution < 1.29 is 39.2 Å². The van der Waals surface area contributed by atoms with Crippen LogP contribution in [-0.2, 0) is 23.9 Å². The van der Waals surface area contributed by atoms with Crippen LogP contribution in [-0.4, -0.2) is 58.6 Å². The Morgan fingerprint density at radius 3 is 2.29 bits per heavy atom. The third kappa shape index (κ3) is 4.60. The number of hydrogen-bond donors (Lipinski definition) is 3. The molecule has 0 heterocycles. The van der Waals surface area contributed by atoms with Crippen LogP contribution in [0.2, 0.25) is 0 Å². The van der Waals surface area contributed by atoms with E-state index in [0.29, 0.717) is 24.7 Å². The second-order valence-corrected chi connectivity index (χ2v) is 10.4. The summed E-state index contributed by atoms with van der Waals surface area (Å²) in [6, 6.07) is 0. The first-order valence-corrected chi connectivity index (χ1v) is 11.4. The molecule has 8 heteroatoms. The van der Waals surface area contributed by atoms with Crippen molar-refractivity contribution in [3.05, 3.63) is 0 Å². The Balaban J connectivity index is 1.64. The number of methoxy groups -OCH3 is 1. The van der Waals surface area contributed by atoms with Gasteiger partial charge in [-0.1, -0.05) is 6.92 Å². The number of aliphatic carboxylic acids is 1. The fourth-order valence-electron chi connectivity index (χ4n) is 6.27. The van der Waals surface area contributed by atoms with Crippen molar-refractivity contribution in [2.45, 2.75) is 77.6 Å². The first-order valence-electron chi connectivity index (χ1n) is 11.4. The molecule has 0 amide bonds. The van der Waals surface area contributed by atoms with Crippen molar-refractivity contribution in [2.75, 3.05) is 7.11 Å². The molecule has 8 nitrogen and oxygen atoms in total. The fraction of sp³-hybridized carbons (Fsp3) is 0.870. The first kappa shape index (κ1) is 24.0. The minimum Gasteiger partial charge on any atom is -0.481 e. The van der Waals surface area contributed by atoms with E-state index in [1.54, 1.807) is 13.8 Å². The molecule has 3 saturated carbocycles. The monoisotopic (exact) mass is 440 g/mol. The predicted octanol–water partition coefficient (Wildman–Crippen LogP) is 2.00. The normalized spacial score (nSPS) is 36.0. The highest BCUT2D eigenvalue weighted by atomic mass is 16.5. The van der Waals surface area contributed by atoms with Gasteiger partial charge in [0, 0.05) is 5.92 Å². The molecule has 0 aromatic rings. The lowest BCUT2D eigenvalue weighted by Gasteiger charge is -2.33. The average Bonchev–Trinajstić information content (AvgIpc) is 3.36. The highest BCUT2D eigenvalue weighted by molar-refractivity contribution is 5.78. The topological polar surface area (TPSA) is 130 Å². The van der Waals surface area contributed by atoms with Gasteiger partial charge in [-0.15, -0.1) is 0 Å². The quantitative estimate of drug-likeness (QED) is 0.464. The molecule has 31 heavy (non-hydrogen) atoms. The van der Waals surface area contributed by atoms with Gasteiger partial charge in [-0.05, 0) is 70.1 Å². The maximum atomic E-state index is 13.0. The number of aliphatic hydroxyl groups is 2. The van der Waals surface area contributed by atoms with E-state index in [1.807, 2.05) is 6.92 Å². The van der Waals surface area contributed by atoms with Gasteiger partial charge in [-0.25, -0.2) is 0 Å². The lowest BCUT2D eigenvalue weighted by atomic mass is 9.78. The number of rotatable bonds is 9. The number of carboxylic acid groups (broad SMARTS) is 1. The third-order valence-corrected chi connectivity index (χ3v) is 8.02. The molecule has 3 aliphatic rings. The Morgan fingerprint density at radius 1 is 1.03 bits per heavy atom. The van der Waals surface area contributed by atoms with E-state index in [0.717, 1.165) is 12.8 Å². The van der Waals surface area contributed by atoms with Gasteiger partial charge in [-0.2, -0.15) is 0 Å². The summed E-state index contributed by atoms with van der Waals surface area (Å²) in [7, 11) is 1.26. The van der Waals surface area contributed by atoms with Crippen LogP contribution in [0.5, 0.6) is 0 Å². The summed E-state index contributed by atoms with van der Waals surface area (Å²) < 4.78 is 10.8. The maximum Gasteiger partial charge on any atom is 0.309 e. The Labute approximate surface area is 183 Å². The molecule has 9 atom stereocenters. The van der Waals surface area contributed by atoms with E-state index in [-0.39, 0.29) is 36.8 Å². The maximum absolute atomic E-state index is 13.0. The van der Waals surface area contributed by atoms with Crippen LogP contribution in [0, 0.1) is 40.9 Å². The molecule has 0 saturated heterocycles. The van der Waals surface area contributed by atoms with Gasteiger partial charge in [0.25, 0.3) is 0 Å². The summed E-state index contributed by atoms with van der Waals surface area (Å²) in [6.45, 7) is 4.95. The Morgan fingerprint density at radius 2 is 1.71 bits per heavy atom. The summed E-state index contributed by atoms with van der Waals surface area (Å²) in [5.41, 5.74) is -1.12. The van der Waals surface area contributed by atoms with E-state index in [4.69, 9.17) is 9.47 Å². The van der Waals surface area contributed by atoms with Crippen LogP contribution < -0.4 is 0 Å².